The Balaban J connectivity index is 4.94. The van der Waals surface area contributed by atoms with Crippen LogP contribution in [0.2, 0.25) is 0 Å². The van der Waals surface area contributed by atoms with Crippen LogP contribution in [-0.4, -0.2) is 11.6 Å². The normalized spacial score (nSPS) is 15.8. The van der Waals surface area contributed by atoms with Crippen molar-refractivity contribution in [3.63, 3.8) is 0 Å². The number of hydrogen-bond acceptors (Lipinski definition) is 2. The number of carbonyl (C=O) groups excluding carboxylic acids is 1. The third-order valence-electron chi connectivity index (χ3n) is 3.69. The first-order valence-electron chi connectivity index (χ1n) is 5.97. The van der Waals surface area contributed by atoms with Gasteiger partial charge in [-0.25, -0.2) is 0 Å². The molecule has 1 atom stereocenters. The fourth-order valence-corrected chi connectivity index (χ4v) is 1.17. The van der Waals surface area contributed by atoms with Crippen molar-refractivity contribution in [1.29, 1.82) is 0 Å². The number of carbonyl (C=O) groups is 1. The maximum Gasteiger partial charge on any atom is 0.312 e. The van der Waals surface area contributed by atoms with Gasteiger partial charge in [0, 0.05) is 0 Å². The lowest BCUT2D eigenvalue weighted by atomic mass is 9.84. The van der Waals surface area contributed by atoms with Crippen molar-refractivity contribution in [3.8, 4) is 0 Å². The van der Waals surface area contributed by atoms with E-state index in [1.807, 2.05) is 48.5 Å². The number of ether oxygens (including phenoxy) is 1. The lowest BCUT2D eigenvalue weighted by molar-refractivity contribution is -0.169. The van der Waals surface area contributed by atoms with Gasteiger partial charge in [-0.05, 0) is 45.6 Å². The van der Waals surface area contributed by atoms with Crippen molar-refractivity contribution in [3.05, 3.63) is 12.2 Å². The van der Waals surface area contributed by atoms with Crippen LogP contribution in [0.15, 0.2) is 12.2 Å². The summed E-state index contributed by atoms with van der Waals surface area (Å²) in [5.41, 5.74) is -0.0995. The highest BCUT2D eigenvalue weighted by Crippen LogP contribution is 2.32. The summed E-state index contributed by atoms with van der Waals surface area (Å²) in [6, 6.07) is 0. The maximum atomic E-state index is 12.1. The van der Waals surface area contributed by atoms with Gasteiger partial charge in [0.15, 0.2) is 0 Å². The molecule has 94 valence electrons. The van der Waals surface area contributed by atoms with E-state index in [1.54, 1.807) is 0 Å². The molecule has 0 N–H and O–H groups in total. The molecule has 2 nitrogen and oxygen atoms in total. The Kier molecular flexibility index (Phi) is 4.78. The van der Waals surface area contributed by atoms with Crippen molar-refractivity contribution in [1.82, 2.24) is 0 Å². The summed E-state index contributed by atoms with van der Waals surface area (Å²) in [6.45, 7) is 17.7. The molecular weight excluding hydrogens is 200 g/mol. The summed E-state index contributed by atoms with van der Waals surface area (Å²) in [5.74, 6) is 0.0795. The second-order valence-electron chi connectivity index (χ2n) is 5.67. The van der Waals surface area contributed by atoms with Crippen molar-refractivity contribution in [2.24, 2.45) is 11.3 Å². The van der Waals surface area contributed by atoms with Gasteiger partial charge in [0.2, 0.25) is 0 Å². The van der Waals surface area contributed by atoms with E-state index in [4.69, 9.17) is 4.74 Å². The molecule has 0 amide bonds. The molecule has 0 aromatic heterocycles. The largest absolute Gasteiger partial charge is 0.454 e. The van der Waals surface area contributed by atoms with Gasteiger partial charge < -0.3 is 4.74 Å². The molecular formula is C14H26O2. The van der Waals surface area contributed by atoms with Gasteiger partial charge in [0.25, 0.3) is 0 Å². The fourth-order valence-electron chi connectivity index (χ4n) is 1.17. The topological polar surface area (TPSA) is 26.3 Å². The average molecular weight is 226 g/mol. The number of esters is 1. The molecule has 16 heavy (non-hydrogen) atoms. The molecule has 1 unspecified atom stereocenters. The zero-order valence-corrected chi connectivity index (χ0v) is 11.8. The first kappa shape index (κ1) is 15.2. The predicted molar refractivity (Wildman–Crippen MR) is 68.2 cm³/mol. The lowest BCUT2D eigenvalue weighted by Crippen LogP contribution is -2.42. The second kappa shape index (κ2) is 5.03. The van der Waals surface area contributed by atoms with E-state index in [1.165, 1.54) is 0 Å². The molecule has 0 spiro atoms. The smallest absolute Gasteiger partial charge is 0.312 e. The number of hydrogen-bond donors (Lipinski definition) is 0. The minimum atomic E-state index is -0.566. The molecule has 0 radical (unpaired) electrons. The zero-order chi connectivity index (χ0) is 13.1. The quantitative estimate of drug-likeness (QED) is 0.524. The molecule has 0 bridgehead atoms. The summed E-state index contributed by atoms with van der Waals surface area (Å²) >= 11 is 0. The Hall–Kier alpha value is -0.790. The van der Waals surface area contributed by atoms with Gasteiger partial charge in [-0.2, -0.15) is 0 Å². The maximum absolute atomic E-state index is 12.1. The standard InChI is InChI=1S/C14H26O2/c1-9-13(6,7)12(15)16-14(8,10(2)3)11(4)5/h11H,2,9H2,1,3-8H3. The molecule has 0 fully saturated rings. The SMILES string of the molecule is C=C(C)C(C)(OC(=O)C(C)(C)CC)C(C)C. The van der Waals surface area contributed by atoms with E-state index in [-0.39, 0.29) is 11.9 Å². The highest BCUT2D eigenvalue weighted by molar-refractivity contribution is 5.76. The Morgan fingerprint density at radius 2 is 1.75 bits per heavy atom. The molecule has 0 aliphatic carbocycles. The molecule has 0 saturated carbocycles. The van der Waals surface area contributed by atoms with Gasteiger partial charge in [0.1, 0.15) is 5.60 Å². The minimum absolute atomic E-state index is 0.144. The monoisotopic (exact) mass is 226 g/mol. The first-order chi connectivity index (χ1) is 7.08. The Morgan fingerprint density at radius 3 is 2.00 bits per heavy atom. The van der Waals surface area contributed by atoms with Crippen molar-refractivity contribution >= 4 is 5.97 Å². The molecule has 0 aliphatic rings. The summed E-state index contributed by atoms with van der Waals surface area (Å²) in [4.78, 5) is 12.1. The second-order valence-corrected chi connectivity index (χ2v) is 5.67. The molecule has 0 heterocycles. The van der Waals surface area contributed by atoms with Crippen LogP contribution in [0.25, 0.3) is 0 Å². The van der Waals surface area contributed by atoms with E-state index in [2.05, 4.69) is 6.58 Å². The van der Waals surface area contributed by atoms with Gasteiger partial charge in [-0.3, -0.25) is 4.79 Å². The van der Waals surface area contributed by atoms with Crippen LogP contribution < -0.4 is 0 Å². The van der Waals surface area contributed by atoms with Crippen LogP contribution in [0.5, 0.6) is 0 Å². The van der Waals surface area contributed by atoms with Gasteiger partial charge in [-0.1, -0.05) is 27.4 Å². The van der Waals surface area contributed by atoms with Crippen LogP contribution in [0.1, 0.15) is 54.9 Å². The van der Waals surface area contributed by atoms with Crippen LogP contribution in [0, 0.1) is 11.3 Å². The Labute approximate surface area is 100 Å². The first-order valence-corrected chi connectivity index (χ1v) is 5.97. The van der Waals surface area contributed by atoms with Gasteiger partial charge in [0.05, 0.1) is 5.41 Å². The fraction of sp³-hybridized carbons (Fsp3) is 0.786. The van der Waals surface area contributed by atoms with Crippen LogP contribution in [0.4, 0.5) is 0 Å². The summed E-state index contributed by atoms with van der Waals surface area (Å²) in [7, 11) is 0. The van der Waals surface area contributed by atoms with Crippen LogP contribution in [-0.2, 0) is 9.53 Å². The highest BCUT2D eigenvalue weighted by atomic mass is 16.6. The van der Waals surface area contributed by atoms with E-state index in [0.717, 1.165) is 12.0 Å². The Morgan fingerprint density at radius 1 is 1.31 bits per heavy atom. The number of rotatable bonds is 5. The zero-order valence-electron chi connectivity index (χ0n) is 11.8. The minimum Gasteiger partial charge on any atom is -0.454 e. The van der Waals surface area contributed by atoms with Crippen LogP contribution >= 0.6 is 0 Å². The van der Waals surface area contributed by atoms with Crippen LogP contribution in [0.3, 0.4) is 0 Å². The van der Waals surface area contributed by atoms with E-state index < -0.39 is 11.0 Å². The van der Waals surface area contributed by atoms with Gasteiger partial charge >= 0.3 is 5.97 Å². The van der Waals surface area contributed by atoms with Crippen molar-refractivity contribution < 1.29 is 9.53 Å². The molecule has 0 saturated heterocycles. The lowest BCUT2D eigenvalue weighted by Gasteiger charge is -2.37. The predicted octanol–water partition coefficient (Wildman–Crippen LogP) is 3.96. The summed E-state index contributed by atoms with van der Waals surface area (Å²) in [5, 5.41) is 0. The molecule has 0 aromatic rings. The van der Waals surface area contributed by atoms with Crippen molar-refractivity contribution in [2.75, 3.05) is 0 Å². The molecule has 0 aromatic carbocycles. The third-order valence-corrected chi connectivity index (χ3v) is 3.69. The van der Waals surface area contributed by atoms with Gasteiger partial charge in [-0.15, -0.1) is 0 Å². The van der Waals surface area contributed by atoms with E-state index in [0.29, 0.717) is 0 Å². The highest BCUT2D eigenvalue weighted by Gasteiger charge is 2.38. The van der Waals surface area contributed by atoms with E-state index >= 15 is 0 Å². The molecule has 0 aliphatic heterocycles. The summed E-state index contributed by atoms with van der Waals surface area (Å²) in [6.07, 6.45) is 0.774. The molecule has 0 rings (SSSR count). The average Bonchev–Trinajstić information content (AvgIpc) is 2.16. The molecule has 2 heteroatoms. The summed E-state index contributed by atoms with van der Waals surface area (Å²) < 4.78 is 5.68. The Bertz CT molecular complexity index is 276. The third kappa shape index (κ3) is 3.10. The van der Waals surface area contributed by atoms with E-state index in [9.17, 15) is 4.79 Å². The van der Waals surface area contributed by atoms with Crippen molar-refractivity contribution in [2.45, 2.75) is 60.5 Å².